The molecule has 0 saturated heterocycles. The van der Waals surface area contributed by atoms with E-state index >= 15 is 0 Å². The van der Waals surface area contributed by atoms with Crippen LogP contribution in [-0.4, -0.2) is 9.55 Å². The van der Waals surface area contributed by atoms with Crippen LogP contribution in [0.3, 0.4) is 0 Å². The van der Waals surface area contributed by atoms with Crippen molar-refractivity contribution in [2.24, 2.45) is 5.92 Å². The lowest BCUT2D eigenvalue weighted by atomic mass is 10.1. The van der Waals surface area contributed by atoms with Crippen LogP contribution in [0.5, 0.6) is 0 Å². The molecule has 0 spiro atoms. The number of hydrogen-bond acceptors (Lipinski definition) is 2. The van der Waals surface area contributed by atoms with E-state index < -0.39 is 0 Å². The van der Waals surface area contributed by atoms with Crippen molar-refractivity contribution in [2.45, 2.75) is 33.2 Å². The normalized spacial score (nSPS) is 12.8. The SMILES string of the molecule is CCCC(C)Cn1cccnc1=O. The smallest absolute Gasteiger partial charge is 0.299 e. The lowest BCUT2D eigenvalue weighted by molar-refractivity contribution is 0.434. The van der Waals surface area contributed by atoms with Crippen LogP contribution in [0, 0.1) is 5.92 Å². The molecule has 0 fully saturated rings. The number of hydrogen-bond donors (Lipinski definition) is 0. The minimum absolute atomic E-state index is 0.148. The van der Waals surface area contributed by atoms with Crippen LogP contribution in [0.4, 0.5) is 0 Å². The molecule has 3 heteroatoms. The van der Waals surface area contributed by atoms with Crippen LogP contribution in [0.1, 0.15) is 26.7 Å². The van der Waals surface area contributed by atoms with Gasteiger partial charge in [0.2, 0.25) is 0 Å². The van der Waals surface area contributed by atoms with Crippen molar-refractivity contribution in [1.29, 1.82) is 0 Å². The van der Waals surface area contributed by atoms with Crippen LogP contribution < -0.4 is 5.69 Å². The highest BCUT2D eigenvalue weighted by Crippen LogP contribution is 2.06. The summed E-state index contributed by atoms with van der Waals surface area (Å²) < 4.78 is 1.67. The summed E-state index contributed by atoms with van der Waals surface area (Å²) in [6.45, 7) is 5.09. The molecule has 0 aromatic carbocycles. The molecule has 0 aliphatic rings. The third kappa shape index (κ3) is 3.01. The Morgan fingerprint density at radius 2 is 2.38 bits per heavy atom. The maximum atomic E-state index is 11.2. The molecule has 1 aromatic heterocycles. The van der Waals surface area contributed by atoms with Gasteiger partial charge in [0.15, 0.2) is 0 Å². The van der Waals surface area contributed by atoms with Gasteiger partial charge in [0.1, 0.15) is 0 Å². The summed E-state index contributed by atoms with van der Waals surface area (Å²) in [5.74, 6) is 0.548. The van der Waals surface area contributed by atoms with Gasteiger partial charge < -0.3 is 0 Å². The third-order valence-electron chi connectivity index (χ3n) is 2.07. The highest BCUT2D eigenvalue weighted by molar-refractivity contribution is 4.81. The van der Waals surface area contributed by atoms with Crippen LogP contribution >= 0.6 is 0 Å². The van der Waals surface area contributed by atoms with Crippen LogP contribution in [0.25, 0.3) is 0 Å². The fraction of sp³-hybridized carbons (Fsp3) is 0.600. The van der Waals surface area contributed by atoms with E-state index in [9.17, 15) is 4.79 Å². The molecule has 0 radical (unpaired) electrons. The fourth-order valence-electron chi connectivity index (χ4n) is 1.45. The van der Waals surface area contributed by atoms with Gasteiger partial charge in [-0.25, -0.2) is 9.78 Å². The fourth-order valence-corrected chi connectivity index (χ4v) is 1.45. The quantitative estimate of drug-likeness (QED) is 0.706. The van der Waals surface area contributed by atoms with Crippen LogP contribution in [-0.2, 0) is 6.54 Å². The Hall–Kier alpha value is -1.12. The molecule has 13 heavy (non-hydrogen) atoms. The standard InChI is InChI=1S/C10H16N2O/c1-3-5-9(2)8-12-7-4-6-11-10(12)13/h4,6-7,9H,3,5,8H2,1-2H3. The van der Waals surface area contributed by atoms with Gasteiger partial charge in [-0.05, 0) is 18.4 Å². The van der Waals surface area contributed by atoms with Crippen LogP contribution in [0.2, 0.25) is 0 Å². The molecule has 1 unspecified atom stereocenters. The van der Waals surface area contributed by atoms with Gasteiger partial charge >= 0.3 is 5.69 Å². The van der Waals surface area contributed by atoms with Gasteiger partial charge in [0, 0.05) is 18.9 Å². The molecule has 0 aliphatic carbocycles. The summed E-state index contributed by atoms with van der Waals surface area (Å²) >= 11 is 0. The summed E-state index contributed by atoms with van der Waals surface area (Å²) in [6, 6.07) is 1.79. The van der Waals surface area contributed by atoms with Crippen molar-refractivity contribution in [3.05, 3.63) is 28.9 Å². The van der Waals surface area contributed by atoms with Crippen molar-refractivity contribution in [1.82, 2.24) is 9.55 Å². The van der Waals surface area contributed by atoms with E-state index in [0.29, 0.717) is 5.92 Å². The zero-order valence-electron chi connectivity index (χ0n) is 8.23. The molecule has 0 aliphatic heterocycles. The Bertz CT molecular complexity index is 306. The first-order chi connectivity index (χ1) is 6.24. The lowest BCUT2D eigenvalue weighted by Gasteiger charge is -2.10. The van der Waals surface area contributed by atoms with E-state index in [2.05, 4.69) is 18.8 Å². The number of nitrogens with zero attached hydrogens (tertiary/aromatic N) is 2. The first-order valence-electron chi connectivity index (χ1n) is 4.75. The monoisotopic (exact) mass is 180 g/mol. The average Bonchev–Trinajstić information content (AvgIpc) is 2.09. The predicted octanol–water partition coefficient (Wildman–Crippen LogP) is 1.68. The van der Waals surface area contributed by atoms with E-state index in [1.165, 1.54) is 6.20 Å². The van der Waals surface area contributed by atoms with Gasteiger partial charge in [-0.1, -0.05) is 20.3 Å². The molecule has 1 aromatic rings. The second-order valence-corrected chi connectivity index (χ2v) is 3.45. The summed E-state index contributed by atoms with van der Waals surface area (Å²) in [6.07, 6.45) is 5.64. The minimum atomic E-state index is -0.148. The Morgan fingerprint density at radius 1 is 1.62 bits per heavy atom. The van der Waals surface area contributed by atoms with E-state index in [-0.39, 0.29) is 5.69 Å². The molecular formula is C10H16N2O. The maximum absolute atomic E-state index is 11.2. The highest BCUT2D eigenvalue weighted by Gasteiger charge is 2.02. The van der Waals surface area contributed by atoms with E-state index in [1.807, 2.05) is 0 Å². The minimum Gasteiger partial charge on any atom is -0.299 e. The molecular weight excluding hydrogens is 164 g/mol. The Balaban J connectivity index is 2.63. The Labute approximate surface area is 78.4 Å². The first kappa shape index (κ1) is 9.96. The molecule has 0 amide bonds. The van der Waals surface area contributed by atoms with Crippen molar-refractivity contribution < 1.29 is 0 Å². The van der Waals surface area contributed by atoms with Gasteiger partial charge in [-0.15, -0.1) is 0 Å². The molecule has 0 saturated carbocycles. The molecule has 3 nitrogen and oxygen atoms in total. The Morgan fingerprint density at radius 3 is 3.00 bits per heavy atom. The molecule has 72 valence electrons. The van der Waals surface area contributed by atoms with Crippen LogP contribution in [0.15, 0.2) is 23.3 Å². The summed E-state index contributed by atoms with van der Waals surface area (Å²) in [4.78, 5) is 14.9. The zero-order chi connectivity index (χ0) is 9.68. The van der Waals surface area contributed by atoms with Crippen molar-refractivity contribution in [3.63, 3.8) is 0 Å². The molecule has 0 N–H and O–H groups in total. The molecule has 0 bridgehead atoms. The first-order valence-corrected chi connectivity index (χ1v) is 4.75. The third-order valence-corrected chi connectivity index (χ3v) is 2.07. The molecule has 1 heterocycles. The maximum Gasteiger partial charge on any atom is 0.347 e. The van der Waals surface area contributed by atoms with Crippen molar-refractivity contribution in [2.75, 3.05) is 0 Å². The van der Waals surface area contributed by atoms with E-state index in [1.54, 1.807) is 16.8 Å². The lowest BCUT2D eigenvalue weighted by Crippen LogP contribution is -2.24. The van der Waals surface area contributed by atoms with Gasteiger partial charge in [-0.3, -0.25) is 4.57 Å². The van der Waals surface area contributed by atoms with Crippen molar-refractivity contribution in [3.8, 4) is 0 Å². The average molecular weight is 180 g/mol. The van der Waals surface area contributed by atoms with Crippen molar-refractivity contribution >= 4 is 0 Å². The zero-order valence-corrected chi connectivity index (χ0v) is 8.23. The highest BCUT2D eigenvalue weighted by atomic mass is 16.1. The Kier molecular flexibility index (Phi) is 3.68. The van der Waals surface area contributed by atoms with E-state index in [4.69, 9.17) is 0 Å². The topological polar surface area (TPSA) is 34.9 Å². The predicted molar refractivity (Wildman–Crippen MR) is 52.6 cm³/mol. The van der Waals surface area contributed by atoms with Gasteiger partial charge in [0.05, 0.1) is 0 Å². The largest absolute Gasteiger partial charge is 0.347 e. The van der Waals surface area contributed by atoms with E-state index in [0.717, 1.165) is 19.4 Å². The summed E-state index contributed by atoms with van der Waals surface area (Å²) in [5, 5.41) is 0. The summed E-state index contributed by atoms with van der Waals surface area (Å²) in [5.41, 5.74) is -0.148. The second kappa shape index (κ2) is 4.80. The van der Waals surface area contributed by atoms with Gasteiger partial charge in [0.25, 0.3) is 0 Å². The summed E-state index contributed by atoms with van der Waals surface area (Å²) in [7, 11) is 0. The van der Waals surface area contributed by atoms with Gasteiger partial charge in [-0.2, -0.15) is 0 Å². The number of rotatable bonds is 4. The molecule has 1 atom stereocenters. The molecule has 1 rings (SSSR count). The number of aromatic nitrogens is 2. The second-order valence-electron chi connectivity index (χ2n) is 3.45.